The minimum Gasteiger partial charge on any atom is -0.351 e. The van der Waals surface area contributed by atoms with E-state index in [1.165, 1.54) is 0 Å². The van der Waals surface area contributed by atoms with Crippen LogP contribution in [0.4, 0.5) is 8.78 Å². The third kappa shape index (κ3) is 9.20. The van der Waals surface area contributed by atoms with E-state index >= 15 is 0 Å². The molecule has 0 saturated heterocycles. The van der Waals surface area contributed by atoms with Gasteiger partial charge >= 0.3 is 29.2 Å². The summed E-state index contributed by atoms with van der Waals surface area (Å²) < 4.78 is 75.9. The molecule has 0 radical (unpaired) electrons. The highest BCUT2D eigenvalue weighted by Gasteiger charge is 2.41. The Morgan fingerprint density at radius 2 is 1.77 bits per heavy atom. The van der Waals surface area contributed by atoms with E-state index in [1.54, 1.807) is 0 Å². The van der Waals surface area contributed by atoms with E-state index in [0.717, 1.165) is 6.92 Å². The summed E-state index contributed by atoms with van der Waals surface area (Å²) in [5.74, 6) is -1.15. The largest absolute Gasteiger partial charge is 0.490 e. The van der Waals surface area contributed by atoms with E-state index in [-0.39, 0.29) is 4.57 Å². The van der Waals surface area contributed by atoms with E-state index in [0.29, 0.717) is 6.20 Å². The fourth-order valence-electron chi connectivity index (χ4n) is 1.60. The van der Waals surface area contributed by atoms with Crippen LogP contribution in [0.1, 0.15) is 13.3 Å². The molecule has 0 aliphatic heterocycles. The molecule has 0 aliphatic rings. The summed E-state index contributed by atoms with van der Waals surface area (Å²) >= 11 is 4.45. The van der Waals surface area contributed by atoms with Crippen molar-refractivity contribution in [2.45, 2.75) is 25.6 Å². The number of hydrogen-bond donors (Lipinski definition) is 6. The van der Waals surface area contributed by atoms with Gasteiger partial charge in [-0.05, 0) is 6.92 Å². The second-order valence-corrected chi connectivity index (χ2v) is 10.0. The summed E-state index contributed by atoms with van der Waals surface area (Å²) in [6, 6.07) is 0. The standard InChI is InChI=1S/C9H15F2N2O13P3S/c1-4(10)6(24-9(15)13-2-5(11)7(30)12-8(13)14)3-23-28(19,20)26-29(21,22)25-27(16,17)18/h2,4,6,9,15H,3H2,1H3,(H,19,20)(H,21,22)(H,12,14,30)(H2,16,17,18)/t4-,6-,9+/m1/s1. The zero-order valence-electron chi connectivity index (χ0n) is 14.5. The minimum atomic E-state index is -5.80. The average Bonchev–Trinajstić information content (AvgIpc) is 2.50. The number of nitrogens with zero attached hydrogens (tertiary/aromatic N) is 1. The van der Waals surface area contributed by atoms with Crippen LogP contribution in [-0.2, 0) is 31.6 Å². The molecular weight excluding hydrogens is 507 g/mol. The molecule has 1 aromatic heterocycles. The van der Waals surface area contributed by atoms with Crippen molar-refractivity contribution < 1.29 is 65.0 Å². The number of ether oxygens (including phenoxy) is 1. The van der Waals surface area contributed by atoms with E-state index in [2.05, 4.69) is 25.4 Å². The van der Waals surface area contributed by atoms with Crippen LogP contribution in [0.2, 0.25) is 0 Å². The number of phosphoric acid groups is 3. The molecule has 1 heterocycles. The SMILES string of the molecule is C[C@@H](F)[C@@H](COP(=O)(O)OP(=O)(O)OP(=O)(O)O)O[C@H](O)n1cc(F)c(=S)[nH]c1=O. The number of H-pyrrole nitrogens is 1. The van der Waals surface area contributed by atoms with E-state index in [1.807, 2.05) is 4.98 Å². The second kappa shape index (κ2) is 10.3. The lowest BCUT2D eigenvalue weighted by molar-refractivity contribution is -0.205. The lowest BCUT2D eigenvalue weighted by Gasteiger charge is -2.24. The number of nitrogens with one attached hydrogen (secondary N) is 1. The van der Waals surface area contributed by atoms with Gasteiger partial charge < -0.3 is 29.4 Å². The molecule has 0 aliphatic carbocycles. The zero-order chi connectivity index (χ0) is 23.5. The van der Waals surface area contributed by atoms with Gasteiger partial charge in [0.2, 0.25) is 6.41 Å². The van der Waals surface area contributed by atoms with Crippen LogP contribution in [0.15, 0.2) is 11.0 Å². The van der Waals surface area contributed by atoms with Crippen molar-refractivity contribution in [2.24, 2.45) is 0 Å². The van der Waals surface area contributed by atoms with Gasteiger partial charge in [0, 0.05) is 0 Å². The fraction of sp³-hybridized carbons (Fsp3) is 0.556. The molecule has 0 spiro atoms. The van der Waals surface area contributed by atoms with Crippen LogP contribution in [0.25, 0.3) is 0 Å². The Balaban J connectivity index is 2.88. The first-order valence-corrected chi connectivity index (χ1v) is 12.1. The highest BCUT2D eigenvalue weighted by Crippen LogP contribution is 2.66. The van der Waals surface area contributed by atoms with Gasteiger partial charge in [0.05, 0.1) is 12.8 Å². The quantitative estimate of drug-likeness (QED) is 0.133. The average molecular weight is 522 g/mol. The second-order valence-electron chi connectivity index (χ2n) is 5.21. The van der Waals surface area contributed by atoms with Crippen molar-refractivity contribution in [3.63, 3.8) is 0 Å². The van der Waals surface area contributed by atoms with Crippen molar-refractivity contribution in [1.82, 2.24) is 9.55 Å². The Hall–Kier alpha value is -0.710. The number of aliphatic hydroxyl groups is 1. The third-order valence-corrected chi connectivity index (χ3v) is 6.89. The maximum absolute atomic E-state index is 13.7. The van der Waals surface area contributed by atoms with Gasteiger partial charge in [0.1, 0.15) is 16.9 Å². The smallest absolute Gasteiger partial charge is 0.351 e. The predicted molar refractivity (Wildman–Crippen MR) is 92.4 cm³/mol. The Morgan fingerprint density at radius 3 is 2.27 bits per heavy atom. The lowest BCUT2D eigenvalue weighted by atomic mass is 10.3. The van der Waals surface area contributed by atoms with Crippen LogP contribution >= 0.6 is 35.7 Å². The number of aromatic nitrogens is 2. The molecule has 0 bridgehead atoms. The third-order valence-electron chi connectivity index (χ3n) is 2.79. The van der Waals surface area contributed by atoms with Crippen molar-refractivity contribution in [3.05, 3.63) is 27.1 Å². The van der Waals surface area contributed by atoms with Crippen LogP contribution < -0.4 is 5.69 Å². The van der Waals surface area contributed by atoms with Gasteiger partial charge in [-0.2, -0.15) is 8.62 Å². The summed E-state index contributed by atoms with van der Waals surface area (Å²) in [6.07, 6.45) is -5.93. The van der Waals surface area contributed by atoms with Gasteiger partial charge in [-0.25, -0.2) is 31.8 Å². The molecule has 0 saturated carbocycles. The first-order valence-electron chi connectivity index (χ1n) is 7.19. The number of phosphoric ester groups is 1. The molecule has 6 N–H and O–H groups in total. The van der Waals surface area contributed by atoms with Crippen molar-refractivity contribution >= 4 is 35.7 Å². The molecular formula is C9H15F2N2O13P3S. The predicted octanol–water partition coefficient (Wildman–Crippen LogP) is 0.580. The molecule has 0 aromatic carbocycles. The molecule has 2 unspecified atom stereocenters. The Kier molecular flexibility index (Phi) is 9.36. The number of aliphatic hydroxyl groups excluding tert-OH is 1. The summed E-state index contributed by atoms with van der Waals surface area (Å²) in [7, 11) is -17.0. The van der Waals surface area contributed by atoms with Gasteiger partial charge in [-0.1, -0.05) is 12.2 Å². The fourth-order valence-corrected chi connectivity index (χ4v) is 4.77. The molecule has 5 atom stereocenters. The number of halogens is 2. The normalized spacial score (nSPS) is 19.5. The van der Waals surface area contributed by atoms with E-state index < -0.39 is 64.9 Å². The molecule has 0 amide bonds. The monoisotopic (exact) mass is 522 g/mol. The maximum atomic E-state index is 13.7. The Morgan fingerprint density at radius 1 is 1.20 bits per heavy atom. The number of rotatable bonds is 11. The van der Waals surface area contributed by atoms with Gasteiger partial charge in [-0.3, -0.25) is 9.51 Å². The first-order chi connectivity index (χ1) is 13.4. The summed E-state index contributed by atoms with van der Waals surface area (Å²) in [6.45, 7) is -0.446. The molecule has 21 heteroatoms. The highest BCUT2D eigenvalue weighted by atomic mass is 32.1. The van der Waals surface area contributed by atoms with Crippen molar-refractivity contribution in [2.75, 3.05) is 6.61 Å². The van der Waals surface area contributed by atoms with Crippen molar-refractivity contribution in [1.29, 1.82) is 0 Å². The van der Waals surface area contributed by atoms with E-state index in [9.17, 15) is 37.3 Å². The molecule has 1 aromatic rings. The van der Waals surface area contributed by atoms with Crippen LogP contribution in [0.3, 0.4) is 0 Å². The maximum Gasteiger partial charge on any atom is 0.490 e. The number of alkyl halides is 1. The number of aromatic amines is 1. The van der Waals surface area contributed by atoms with Crippen molar-refractivity contribution in [3.8, 4) is 0 Å². The molecule has 30 heavy (non-hydrogen) atoms. The molecule has 174 valence electrons. The molecule has 0 fully saturated rings. The summed E-state index contributed by atoms with van der Waals surface area (Å²) in [5, 5.41) is 9.82. The van der Waals surface area contributed by atoms with Crippen LogP contribution in [-0.4, -0.2) is 53.1 Å². The topological polar surface area (TPSA) is 227 Å². The van der Waals surface area contributed by atoms with Gasteiger partial charge in [-0.15, -0.1) is 0 Å². The summed E-state index contributed by atoms with van der Waals surface area (Å²) in [4.78, 5) is 48.6. The van der Waals surface area contributed by atoms with Crippen LogP contribution in [0, 0.1) is 10.5 Å². The minimum absolute atomic E-state index is 0.214. The van der Waals surface area contributed by atoms with Gasteiger partial charge in [0.15, 0.2) is 5.82 Å². The zero-order valence-corrected chi connectivity index (χ0v) is 18.0. The molecule has 1 rings (SSSR count). The van der Waals surface area contributed by atoms with Crippen LogP contribution in [0.5, 0.6) is 0 Å². The Bertz CT molecular complexity index is 1010. The molecule has 15 nitrogen and oxygen atoms in total. The highest BCUT2D eigenvalue weighted by molar-refractivity contribution is 7.71. The summed E-state index contributed by atoms with van der Waals surface area (Å²) in [5.41, 5.74) is -1.16. The van der Waals surface area contributed by atoms with Gasteiger partial charge in [0.25, 0.3) is 0 Å². The van der Waals surface area contributed by atoms with E-state index in [4.69, 9.17) is 19.4 Å². The first kappa shape index (κ1) is 27.3. The lowest BCUT2D eigenvalue weighted by Crippen LogP contribution is -2.36. The number of hydrogen-bond acceptors (Lipinski definition) is 10. The Labute approximate surface area is 170 Å².